The number of nitriles is 1. The summed E-state index contributed by atoms with van der Waals surface area (Å²) in [7, 11) is 0. The van der Waals surface area contributed by atoms with Crippen LogP contribution < -0.4 is 0 Å². The van der Waals surface area contributed by atoms with Crippen molar-refractivity contribution in [3.8, 4) is 6.26 Å². The van der Waals surface area contributed by atoms with Gasteiger partial charge >= 0.3 is 0 Å². The summed E-state index contributed by atoms with van der Waals surface area (Å²) >= 11 is 0. The average Bonchev–Trinajstić information content (AvgIpc) is 3.18. The predicted molar refractivity (Wildman–Crippen MR) is 141 cm³/mol. The SMILES string of the molecule is CCC(C)(C=O)C(C)(C)OC(C)(C)CCOC(C)(C)CC(C)(C)CC(C)(C)n1cc(COC#N)nn1. The number of carbonyl (C=O) groups excluding carboxylic acids is 1. The Labute approximate surface area is 219 Å². The van der Waals surface area contributed by atoms with Gasteiger partial charge in [0.25, 0.3) is 6.26 Å². The molecule has 0 radical (unpaired) electrons. The first kappa shape index (κ1) is 32.0. The fraction of sp³-hybridized carbons (Fsp3) is 0.857. The Morgan fingerprint density at radius 3 is 2.14 bits per heavy atom. The van der Waals surface area contributed by atoms with E-state index in [1.54, 1.807) is 6.26 Å². The van der Waals surface area contributed by atoms with Crippen molar-refractivity contribution in [2.75, 3.05) is 6.61 Å². The zero-order valence-corrected chi connectivity index (χ0v) is 24.8. The van der Waals surface area contributed by atoms with Crippen molar-refractivity contribution < 1.29 is 19.0 Å². The molecule has 1 heterocycles. The topological polar surface area (TPSA) is 99.3 Å². The molecule has 8 nitrogen and oxygen atoms in total. The van der Waals surface area contributed by atoms with Crippen LogP contribution in [-0.2, 0) is 31.2 Å². The second-order valence-corrected chi connectivity index (χ2v) is 13.5. The summed E-state index contributed by atoms with van der Waals surface area (Å²) in [5.41, 5.74) is -1.58. The Balaban J connectivity index is 2.74. The van der Waals surface area contributed by atoms with Crippen molar-refractivity contribution in [2.45, 2.75) is 138 Å². The Kier molecular flexibility index (Phi) is 10.3. The van der Waals surface area contributed by atoms with E-state index < -0.39 is 16.6 Å². The van der Waals surface area contributed by atoms with Gasteiger partial charge in [-0.1, -0.05) is 32.9 Å². The van der Waals surface area contributed by atoms with Gasteiger partial charge in [-0.15, -0.1) is 5.10 Å². The number of hydrogen-bond donors (Lipinski definition) is 0. The van der Waals surface area contributed by atoms with Crippen LogP contribution in [0.4, 0.5) is 0 Å². The van der Waals surface area contributed by atoms with Crippen molar-refractivity contribution in [2.24, 2.45) is 10.8 Å². The normalized spacial score (nSPS) is 15.3. The highest BCUT2D eigenvalue weighted by Gasteiger charge is 2.44. The Morgan fingerprint density at radius 2 is 1.61 bits per heavy atom. The summed E-state index contributed by atoms with van der Waals surface area (Å²) in [5.74, 6) is 0. The van der Waals surface area contributed by atoms with Gasteiger partial charge in [-0.05, 0) is 86.5 Å². The lowest BCUT2D eigenvalue weighted by Gasteiger charge is -2.45. The van der Waals surface area contributed by atoms with Crippen LogP contribution in [0, 0.1) is 22.3 Å². The molecule has 1 rings (SSSR count). The molecular formula is C28H50N4O4. The Bertz CT molecular complexity index is 896. The lowest BCUT2D eigenvalue weighted by Crippen LogP contribution is -2.49. The molecular weight excluding hydrogens is 456 g/mol. The third-order valence-electron chi connectivity index (χ3n) is 7.36. The highest BCUT2D eigenvalue weighted by Crippen LogP contribution is 2.41. The van der Waals surface area contributed by atoms with Gasteiger partial charge < -0.3 is 19.0 Å². The summed E-state index contributed by atoms with van der Waals surface area (Å²) < 4.78 is 19.5. The van der Waals surface area contributed by atoms with E-state index in [-0.39, 0.29) is 23.2 Å². The summed E-state index contributed by atoms with van der Waals surface area (Å²) in [5, 5.41) is 17.0. The van der Waals surface area contributed by atoms with Crippen molar-refractivity contribution in [1.82, 2.24) is 15.0 Å². The lowest BCUT2D eigenvalue weighted by atomic mass is 9.73. The molecule has 0 saturated heterocycles. The van der Waals surface area contributed by atoms with E-state index in [2.05, 4.69) is 65.7 Å². The lowest BCUT2D eigenvalue weighted by molar-refractivity contribution is -0.187. The number of nitrogens with zero attached hydrogens (tertiary/aromatic N) is 4. The summed E-state index contributed by atoms with van der Waals surface area (Å²) in [6, 6.07) is 0. The van der Waals surface area contributed by atoms with Crippen LogP contribution in [0.15, 0.2) is 6.20 Å². The van der Waals surface area contributed by atoms with Gasteiger partial charge in [0.05, 0.1) is 40.6 Å². The van der Waals surface area contributed by atoms with Crippen molar-refractivity contribution in [3.05, 3.63) is 11.9 Å². The maximum Gasteiger partial charge on any atom is 0.286 e. The second kappa shape index (κ2) is 11.6. The molecule has 1 aromatic rings. The van der Waals surface area contributed by atoms with Gasteiger partial charge in [0.1, 0.15) is 18.6 Å². The first-order valence-corrected chi connectivity index (χ1v) is 13.0. The van der Waals surface area contributed by atoms with Crippen molar-refractivity contribution in [3.63, 3.8) is 0 Å². The number of carbonyl (C=O) groups is 1. The highest BCUT2D eigenvalue weighted by atomic mass is 16.5. The van der Waals surface area contributed by atoms with Gasteiger partial charge in [-0.2, -0.15) is 5.26 Å². The molecule has 36 heavy (non-hydrogen) atoms. The number of rotatable bonds is 16. The monoisotopic (exact) mass is 506 g/mol. The largest absolute Gasteiger partial charge is 0.421 e. The van der Waals surface area contributed by atoms with E-state index >= 15 is 0 Å². The fourth-order valence-corrected chi connectivity index (χ4v) is 5.37. The van der Waals surface area contributed by atoms with E-state index in [1.807, 2.05) is 38.6 Å². The second-order valence-electron chi connectivity index (χ2n) is 13.5. The van der Waals surface area contributed by atoms with Crippen LogP contribution in [0.3, 0.4) is 0 Å². The van der Waals surface area contributed by atoms with E-state index in [0.717, 1.165) is 32.0 Å². The number of aromatic nitrogens is 3. The molecule has 0 spiro atoms. The molecule has 0 aliphatic carbocycles. The minimum absolute atomic E-state index is 0.0385. The van der Waals surface area contributed by atoms with Crippen LogP contribution in [0.5, 0.6) is 0 Å². The molecule has 1 unspecified atom stereocenters. The zero-order valence-electron chi connectivity index (χ0n) is 24.8. The predicted octanol–water partition coefficient (Wildman–Crippen LogP) is 6.19. The maximum atomic E-state index is 11.8. The van der Waals surface area contributed by atoms with E-state index in [9.17, 15) is 4.79 Å². The molecule has 0 fully saturated rings. The molecule has 1 aromatic heterocycles. The first-order valence-electron chi connectivity index (χ1n) is 13.0. The van der Waals surface area contributed by atoms with Crippen LogP contribution >= 0.6 is 0 Å². The molecule has 1 atom stereocenters. The summed E-state index contributed by atoms with van der Waals surface area (Å²) in [6.45, 7) is 25.8. The minimum Gasteiger partial charge on any atom is -0.421 e. The first-order chi connectivity index (χ1) is 16.2. The third kappa shape index (κ3) is 9.15. The standard InChI is InChI=1S/C28H50N4O4/c1-13-28(12,20-33)27(10,11)36-25(6,7)14-15-35-26(8,9)19-23(2,3)18-24(4,5)32-16-22(30-31-32)17-34-21-29/h16,20H,13-15,17-19H2,1-12H3. The highest BCUT2D eigenvalue weighted by molar-refractivity contribution is 5.60. The van der Waals surface area contributed by atoms with Gasteiger partial charge in [0.2, 0.25) is 0 Å². The smallest absolute Gasteiger partial charge is 0.286 e. The molecule has 0 aliphatic heterocycles. The van der Waals surface area contributed by atoms with Crippen LogP contribution in [0.2, 0.25) is 0 Å². The molecule has 0 N–H and O–H groups in total. The zero-order chi connectivity index (χ0) is 28.1. The molecule has 0 bridgehead atoms. The molecule has 0 saturated carbocycles. The molecule has 0 amide bonds. The van der Waals surface area contributed by atoms with E-state index in [4.69, 9.17) is 19.5 Å². The minimum atomic E-state index is -0.585. The average molecular weight is 507 g/mol. The molecule has 206 valence electrons. The van der Waals surface area contributed by atoms with Crippen LogP contribution in [0.1, 0.15) is 114 Å². The quantitative estimate of drug-likeness (QED) is 0.195. The van der Waals surface area contributed by atoms with E-state index in [0.29, 0.717) is 12.3 Å². The summed E-state index contributed by atoms with van der Waals surface area (Å²) in [6.07, 6.45) is 7.68. The van der Waals surface area contributed by atoms with Crippen LogP contribution in [-0.4, -0.2) is 44.7 Å². The van der Waals surface area contributed by atoms with Gasteiger partial charge in [0, 0.05) is 0 Å². The number of aldehydes is 1. The molecule has 0 aromatic carbocycles. The Morgan fingerprint density at radius 1 is 1.00 bits per heavy atom. The van der Waals surface area contributed by atoms with Crippen molar-refractivity contribution in [1.29, 1.82) is 5.26 Å². The van der Waals surface area contributed by atoms with Gasteiger partial charge in [-0.25, -0.2) is 4.68 Å². The number of hydrogen-bond acceptors (Lipinski definition) is 7. The van der Waals surface area contributed by atoms with Crippen LogP contribution in [0.25, 0.3) is 0 Å². The van der Waals surface area contributed by atoms with E-state index in [1.165, 1.54) is 0 Å². The van der Waals surface area contributed by atoms with Crippen molar-refractivity contribution >= 4 is 6.29 Å². The number of ether oxygens (including phenoxy) is 3. The van der Waals surface area contributed by atoms with Gasteiger partial charge in [-0.3, -0.25) is 0 Å². The summed E-state index contributed by atoms with van der Waals surface area (Å²) in [4.78, 5) is 11.8. The van der Waals surface area contributed by atoms with Gasteiger partial charge in [0.15, 0.2) is 0 Å². The Hall–Kier alpha value is -1.98. The fourth-order valence-electron chi connectivity index (χ4n) is 5.37. The maximum absolute atomic E-state index is 11.8. The third-order valence-corrected chi connectivity index (χ3v) is 7.36. The molecule has 0 aliphatic rings. The molecule has 8 heteroatoms.